The highest BCUT2D eigenvalue weighted by Crippen LogP contribution is 2.35. The van der Waals surface area contributed by atoms with Crippen molar-refractivity contribution in [3.63, 3.8) is 0 Å². The Morgan fingerprint density at radius 1 is 1.10 bits per heavy atom. The van der Waals surface area contributed by atoms with Crippen molar-refractivity contribution in [1.29, 1.82) is 0 Å². The zero-order valence-electron chi connectivity index (χ0n) is 10.8. The van der Waals surface area contributed by atoms with E-state index >= 15 is 0 Å². The summed E-state index contributed by atoms with van der Waals surface area (Å²) in [5, 5.41) is 15.0. The number of nitrogens with one attached hydrogen (secondary N) is 1. The van der Waals surface area contributed by atoms with E-state index in [0.29, 0.717) is 10.0 Å². The summed E-state index contributed by atoms with van der Waals surface area (Å²) in [5.41, 5.74) is 3.21. The van der Waals surface area contributed by atoms with Gasteiger partial charge in [-0.25, -0.2) is 0 Å². The molecule has 1 aliphatic heterocycles. The predicted molar refractivity (Wildman–Crippen MR) is 82.3 cm³/mol. The fourth-order valence-corrected chi connectivity index (χ4v) is 3.01. The number of fused-ring (bicyclic) bond motifs is 1. The number of aliphatic hydroxyl groups excluding tert-OH is 1. The number of rotatable bonds is 2. The van der Waals surface area contributed by atoms with Gasteiger partial charge in [0, 0.05) is 0 Å². The average Bonchev–Trinajstić information content (AvgIpc) is 2.49. The van der Waals surface area contributed by atoms with Gasteiger partial charge in [0.15, 0.2) is 0 Å². The molecule has 0 saturated carbocycles. The molecule has 1 heterocycles. The monoisotopic (exact) mass is 307 g/mol. The van der Waals surface area contributed by atoms with Crippen molar-refractivity contribution in [3.8, 4) is 0 Å². The predicted octanol–water partition coefficient (Wildman–Crippen LogP) is 3.91. The van der Waals surface area contributed by atoms with Crippen LogP contribution in [0.5, 0.6) is 0 Å². The molecule has 3 rings (SSSR count). The Labute approximate surface area is 128 Å². The summed E-state index contributed by atoms with van der Waals surface area (Å²) in [6.45, 7) is 0.861. The number of halogens is 2. The lowest BCUT2D eigenvalue weighted by molar-refractivity contribution is 0.125. The second-order valence-corrected chi connectivity index (χ2v) is 5.81. The first-order valence-electron chi connectivity index (χ1n) is 6.61. The minimum absolute atomic E-state index is 0.114. The van der Waals surface area contributed by atoms with Crippen LogP contribution in [0, 0.1) is 0 Å². The molecule has 2 N–H and O–H groups in total. The van der Waals surface area contributed by atoms with Crippen molar-refractivity contribution in [2.75, 3.05) is 6.54 Å². The third-order valence-corrected chi connectivity index (χ3v) is 4.49. The van der Waals surface area contributed by atoms with E-state index in [2.05, 4.69) is 17.4 Å². The fourth-order valence-electron chi connectivity index (χ4n) is 2.71. The molecule has 1 aliphatic rings. The molecule has 0 aromatic heterocycles. The maximum atomic E-state index is 10.6. The number of hydrogen-bond donors (Lipinski definition) is 2. The first-order chi connectivity index (χ1) is 9.66. The van der Waals surface area contributed by atoms with Gasteiger partial charge in [0.1, 0.15) is 0 Å². The molecule has 2 aromatic carbocycles. The van der Waals surface area contributed by atoms with Crippen LogP contribution in [0.15, 0.2) is 42.5 Å². The van der Waals surface area contributed by atoms with Gasteiger partial charge < -0.3 is 10.4 Å². The lowest BCUT2D eigenvalue weighted by atomic mass is 9.88. The molecule has 2 atom stereocenters. The Kier molecular flexibility index (Phi) is 3.99. The van der Waals surface area contributed by atoms with E-state index in [1.165, 1.54) is 5.56 Å². The largest absolute Gasteiger partial charge is 0.386 e. The van der Waals surface area contributed by atoms with Crippen LogP contribution >= 0.6 is 23.2 Å². The Hall–Kier alpha value is -1.06. The van der Waals surface area contributed by atoms with Crippen LogP contribution in [0.3, 0.4) is 0 Å². The van der Waals surface area contributed by atoms with E-state index in [1.54, 1.807) is 12.1 Å². The van der Waals surface area contributed by atoms with E-state index in [1.807, 2.05) is 18.2 Å². The molecule has 2 nitrogen and oxygen atoms in total. The summed E-state index contributed by atoms with van der Waals surface area (Å²) < 4.78 is 0. The second kappa shape index (κ2) is 5.74. The molecule has 0 spiro atoms. The van der Waals surface area contributed by atoms with E-state index in [-0.39, 0.29) is 6.04 Å². The van der Waals surface area contributed by atoms with Gasteiger partial charge in [-0.3, -0.25) is 0 Å². The zero-order chi connectivity index (χ0) is 14.1. The van der Waals surface area contributed by atoms with E-state index < -0.39 is 6.10 Å². The lowest BCUT2D eigenvalue weighted by Crippen LogP contribution is -2.33. The fraction of sp³-hybridized carbons (Fsp3) is 0.250. The first-order valence-corrected chi connectivity index (χ1v) is 7.36. The molecule has 0 bridgehead atoms. The summed E-state index contributed by atoms with van der Waals surface area (Å²) in [6, 6.07) is 13.4. The van der Waals surface area contributed by atoms with Gasteiger partial charge in [0.25, 0.3) is 0 Å². The van der Waals surface area contributed by atoms with Crippen LogP contribution in [0.1, 0.15) is 28.8 Å². The van der Waals surface area contributed by atoms with Crippen molar-refractivity contribution in [2.45, 2.75) is 18.6 Å². The SMILES string of the molecule is OC(c1ccc(Cl)c(Cl)c1)C1NCCc2ccccc21. The maximum Gasteiger partial charge on any atom is 0.0985 e. The molecule has 2 unspecified atom stereocenters. The van der Waals surface area contributed by atoms with Gasteiger partial charge in [-0.05, 0) is 41.8 Å². The Morgan fingerprint density at radius 2 is 1.90 bits per heavy atom. The highest BCUT2D eigenvalue weighted by atomic mass is 35.5. The van der Waals surface area contributed by atoms with Crippen LogP contribution in [-0.2, 0) is 6.42 Å². The number of benzene rings is 2. The summed E-state index contributed by atoms with van der Waals surface area (Å²) in [5.74, 6) is 0. The van der Waals surface area contributed by atoms with Crippen molar-refractivity contribution in [2.24, 2.45) is 0 Å². The van der Waals surface area contributed by atoms with E-state index in [4.69, 9.17) is 23.2 Å². The quantitative estimate of drug-likeness (QED) is 0.881. The molecule has 0 saturated heterocycles. The van der Waals surface area contributed by atoms with Gasteiger partial charge in [0.05, 0.1) is 22.2 Å². The lowest BCUT2D eigenvalue weighted by Gasteiger charge is -2.31. The van der Waals surface area contributed by atoms with Gasteiger partial charge in [0.2, 0.25) is 0 Å². The topological polar surface area (TPSA) is 32.3 Å². The van der Waals surface area contributed by atoms with Crippen molar-refractivity contribution in [3.05, 3.63) is 69.2 Å². The third-order valence-electron chi connectivity index (χ3n) is 3.75. The Bertz CT molecular complexity index is 630. The van der Waals surface area contributed by atoms with E-state index in [9.17, 15) is 5.11 Å². The summed E-state index contributed by atoms with van der Waals surface area (Å²) in [7, 11) is 0. The van der Waals surface area contributed by atoms with Crippen LogP contribution < -0.4 is 5.32 Å². The normalized spacial score (nSPS) is 19.4. The van der Waals surface area contributed by atoms with Crippen LogP contribution in [0.2, 0.25) is 10.0 Å². The molecule has 0 radical (unpaired) electrons. The Balaban J connectivity index is 1.95. The molecule has 0 fully saturated rings. The first kappa shape index (κ1) is 13.9. The highest BCUT2D eigenvalue weighted by molar-refractivity contribution is 6.42. The van der Waals surface area contributed by atoms with Crippen molar-refractivity contribution < 1.29 is 5.11 Å². The van der Waals surface area contributed by atoms with Gasteiger partial charge in [-0.15, -0.1) is 0 Å². The molecule has 0 aliphatic carbocycles. The number of aliphatic hydroxyl groups is 1. The van der Waals surface area contributed by atoms with Crippen LogP contribution in [-0.4, -0.2) is 11.7 Å². The standard InChI is InChI=1S/C16H15Cl2NO/c17-13-6-5-11(9-14(13)18)16(20)15-12-4-2-1-3-10(12)7-8-19-15/h1-6,9,15-16,19-20H,7-8H2. The zero-order valence-corrected chi connectivity index (χ0v) is 12.3. The highest BCUT2D eigenvalue weighted by Gasteiger charge is 2.27. The second-order valence-electron chi connectivity index (χ2n) is 5.00. The molecular formula is C16H15Cl2NO. The van der Waals surface area contributed by atoms with Crippen molar-refractivity contribution >= 4 is 23.2 Å². The van der Waals surface area contributed by atoms with Crippen molar-refractivity contribution in [1.82, 2.24) is 5.32 Å². The third kappa shape index (κ3) is 2.57. The maximum absolute atomic E-state index is 10.6. The molecule has 2 aromatic rings. The molecule has 104 valence electrons. The average molecular weight is 308 g/mol. The molecule has 4 heteroatoms. The minimum atomic E-state index is -0.647. The van der Waals surface area contributed by atoms with Gasteiger partial charge in [-0.1, -0.05) is 53.5 Å². The smallest absolute Gasteiger partial charge is 0.0985 e. The molecule has 0 amide bonds. The summed E-state index contributed by atoms with van der Waals surface area (Å²) >= 11 is 12.0. The Morgan fingerprint density at radius 3 is 2.70 bits per heavy atom. The summed E-state index contributed by atoms with van der Waals surface area (Å²) in [4.78, 5) is 0. The van der Waals surface area contributed by atoms with Gasteiger partial charge in [-0.2, -0.15) is 0 Å². The number of hydrogen-bond acceptors (Lipinski definition) is 2. The molecule has 20 heavy (non-hydrogen) atoms. The van der Waals surface area contributed by atoms with Crippen LogP contribution in [0.4, 0.5) is 0 Å². The van der Waals surface area contributed by atoms with Crippen LogP contribution in [0.25, 0.3) is 0 Å². The molecular weight excluding hydrogens is 293 g/mol. The minimum Gasteiger partial charge on any atom is -0.386 e. The van der Waals surface area contributed by atoms with Gasteiger partial charge >= 0.3 is 0 Å². The summed E-state index contributed by atoms with van der Waals surface area (Å²) in [6.07, 6.45) is 0.340. The van der Waals surface area contributed by atoms with E-state index in [0.717, 1.165) is 24.1 Å².